The Morgan fingerprint density at radius 2 is 2.13 bits per heavy atom. The van der Waals surface area contributed by atoms with Crippen molar-refractivity contribution in [1.29, 1.82) is 10.5 Å². The normalized spacial score (nSPS) is 9.70. The summed E-state index contributed by atoms with van der Waals surface area (Å²) in [6.45, 7) is 0.207. The minimum absolute atomic E-state index is 0.0426. The molecule has 0 aliphatic heterocycles. The molecule has 0 atom stereocenters. The van der Waals surface area contributed by atoms with Gasteiger partial charge in [-0.25, -0.2) is 0 Å². The number of carbonyl (C=O) groups is 1. The van der Waals surface area contributed by atoms with Gasteiger partial charge in [-0.15, -0.1) is 0 Å². The number of aryl methyl sites for hydroxylation is 1. The van der Waals surface area contributed by atoms with Crippen LogP contribution in [0, 0.1) is 22.7 Å². The zero-order chi connectivity index (χ0) is 16.8. The lowest BCUT2D eigenvalue weighted by Gasteiger charge is -2.00. The van der Waals surface area contributed by atoms with Crippen molar-refractivity contribution in [2.45, 2.75) is 13.0 Å². The quantitative estimate of drug-likeness (QED) is 0.813. The number of carboxylic acids is 1. The lowest BCUT2D eigenvalue weighted by atomic mass is 10.1. The van der Waals surface area contributed by atoms with Gasteiger partial charge in [-0.1, -0.05) is 28.1 Å². The number of halogens is 1. The van der Waals surface area contributed by atoms with E-state index in [4.69, 9.17) is 15.6 Å². The fourth-order valence-electron chi connectivity index (χ4n) is 1.97. The third-order valence-electron chi connectivity index (χ3n) is 2.98. The van der Waals surface area contributed by atoms with Gasteiger partial charge in [0.2, 0.25) is 0 Å². The average molecular weight is 371 g/mol. The molecule has 0 saturated heterocycles. The highest BCUT2D eigenvalue weighted by atomic mass is 79.9. The van der Waals surface area contributed by atoms with E-state index < -0.39 is 5.97 Å². The van der Waals surface area contributed by atoms with Crippen LogP contribution in [0.25, 0.3) is 17.3 Å². The van der Waals surface area contributed by atoms with Gasteiger partial charge in [-0.3, -0.25) is 9.48 Å². The summed E-state index contributed by atoms with van der Waals surface area (Å²) >= 11 is 3.39. The fourth-order valence-corrected chi connectivity index (χ4v) is 2.37. The highest BCUT2D eigenvalue weighted by Crippen LogP contribution is 2.26. The first kappa shape index (κ1) is 16.5. The first-order valence-electron chi connectivity index (χ1n) is 6.60. The molecule has 114 valence electrons. The van der Waals surface area contributed by atoms with Gasteiger partial charge < -0.3 is 5.11 Å². The fraction of sp³-hybridized carbons (Fsp3) is 0.125. The predicted molar refractivity (Wildman–Crippen MR) is 86.8 cm³/mol. The number of hydrogen-bond acceptors (Lipinski definition) is 4. The molecule has 0 amide bonds. The van der Waals surface area contributed by atoms with Crippen molar-refractivity contribution in [3.8, 4) is 23.4 Å². The molecule has 0 radical (unpaired) electrons. The van der Waals surface area contributed by atoms with Crippen molar-refractivity contribution in [1.82, 2.24) is 9.78 Å². The lowest BCUT2D eigenvalue weighted by molar-refractivity contribution is -0.137. The molecule has 2 aromatic rings. The van der Waals surface area contributed by atoms with Crippen molar-refractivity contribution in [2.24, 2.45) is 0 Å². The molecule has 0 aliphatic rings. The second-order valence-corrected chi connectivity index (χ2v) is 5.55. The third kappa shape index (κ3) is 4.29. The molecular formula is C16H11BrN4O2. The summed E-state index contributed by atoms with van der Waals surface area (Å²) in [5.41, 5.74) is 1.93. The molecule has 1 N–H and O–H groups in total. The zero-order valence-electron chi connectivity index (χ0n) is 11.9. The summed E-state index contributed by atoms with van der Waals surface area (Å²) in [5, 5.41) is 31.0. The lowest BCUT2D eigenvalue weighted by Crippen LogP contribution is -2.04. The average Bonchev–Trinajstić information content (AvgIpc) is 2.93. The largest absolute Gasteiger partial charge is 0.481 e. The van der Waals surface area contributed by atoms with E-state index in [1.54, 1.807) is 6.20 Å². The monoisotopic (exact) mass is 370 g/mol. The highest BCUT2D eigenvalue weighted by molar-refractivity contribution is 9.10. The molecule has 7 heteroatoms. The van der Waals surface area contributed by atoms with E-state index in [0.717, 1.165) is 10.0 Å². The van der Waals surface area contributed by atoms with Gasteiger partial charge in [0.05, 0.1) is 18.7 Å². The molecular weight excluding hydrogens is 360 g/mol. The van der Waals surface area contributed by atoms with E-state index in [-0.39, 0.29) is 18.5 Å². The van der Waals surface area contributed by atoms with Crippen LogP contribution in [0.3, 0.4) is 0 Å². The number of nitrogens with zero attached hydrogens (tertiary/aromatic N) is 4. The van der Waals surface area contributed by atoms with Gasteiger partial charge in [0, 0.05) is 21.8 Å². The number of hydrogen-bond donors (Lipinski definition) is 1. The molecule has 0 bridgehead atoms. The third-order valence-corrected chi connectivity index (χ3v) is 3.48. The Morgan fingerprint density at radius 1 is 1.39 bits per heavy atom. The molecule has 23 heavy (non-hydrogen) atoms. The van der Waals surface area contributed by atoms with E-state index in [1.807, 2.05) is 36.4 Å². The van der Waals surface area contributed by atoms with Crippen molar-refractivity contribution in [3.63, 3.8) is 0 Å². The highest BCUT2D eigenvalue weighted by Gasteiger charge is 2.12. The molecule has 1 heterocycles. The van der Waals surface area contributed by atoms with Crippen LogP contribution in [0.15, 0.2) is 40.5 Å². The number of rotatable bonds is 5. The van der Waals surface area contributed by atoms with Crippen LogP contribution >= 0.6 is 15.9 Å². The van der Waals surface area contributed by atoms with Gasteiger partial charge in [0.1, 0.15) is 17.7 Å². The smallest absolute Gasteiger partial charge is 0.305 e. The summed E-state index contributed by atoms with van der Waals surface area (Å²) < 4.78 is 2.37. The van der Waals surface area contributed by atoms with E-state index in [2.05, 4.69) is 21.0 Å². The summed E-state index contributed by atoms with van der Waals surface area (Å²) in [6, 6.07) is 11.0. The second kappa shape index (κ2) is 7.39. The van der Waals surface area contributed by atoms with Gasteiger partial charge in [0.15, 0.2) is 0 Å². The molecule has 2 rings (SSSR count). The Kier molecular flexibility index (Phi) is 5.29. The van der Waals surface area contributed by atoms with Crippen LogP contribution in [0.5, 0.6) is 0 Å². The van der Waals surface area contributed by atoms with Crippen LogP contribution in [0.2, 0.25) is 0 Å². The topological polar surface area (TPSA) is 103 Å². The van der Waals surface area contributed by atoms with Crippen molar-refractivity contribution in [2.75, 3.05) is 0 Å². The minimum Gasteiger partial charge on any atom is -0.481 e. The zero-order valence-corrected chi connectivity index (χ0v) is 13.5. The maximum Gasteiger partial charge on any atom is 0.305 e. The summed E-state index contributed by atoms with van der Waals surface area (Å²) in [4.78, 5) is 10.7. The molecule has 0 fully saturated rings. The number of carboxylic acid groups (broad SMARTS) is 1. The second-order valence-electron chi connectivity index (χ2n) is 4.63. The maximum absolute atomic E-state index is 10.7. The van der Waals surface area contributed by atoms with Crippen LogP contribution in [-0.4, -0.2) is 20.9 Å². The molecule has 1 aromatic heterocycles. The summed E-state index contributed by atoms with van der Waals surface area (Å²) in [7, 11) is 0. The Morgan fingerprint density at radius 3 is 2.74 bits per heavy atom. The Hall–Kier alpha value is -2.90. The molecule has 0 aliphatic carbocycles. The van der Waals surface area contributed by atoms with E-state index in [1.165, 1.54) is 10.8 Å². The minimum atomic E-state index is -0.920. The number of benzene rings is 1. The van der Waals surface area contributed by atoms with Crippen molar-refractivity contribution >= 4 is 28.0 Å². The van der Waals surface area contributed by atoms with Crippen LogP contribution in [0.4, 0.5) is 0 Å². The number of allylic oxidation sites excluding steroid dienone is 1. The van der Waals surface area contributed by atoms with Gasteiger partial charge >= 0.3 is 5.97 Å². The molecule has 0 unspecified atom stereocenters. The van der Waals surface area contributed by atoms with Gasteiger partial charge in [-0.05, 0) is 18.2 Å². The van der Waals surface area contributed by atoms with Crippen LogP contribution < -0.4 is 0 Å². The molecule has 0 saturated carbocycles. The number of aliphatic carboxylic acids is 1. The van der Waals surface area contributed by atoms with Crippen LogP contribution in [0.1, 0.15) is 12.0 Å². The number of aromatic nitrogens is 2. The van der Waals surface area contributed by atoms with Crippen molar-refractivity contribution < 1.29 is 9.90 Å². The summed E-state index contributed by atoms with van der Waals surface area (Å²) in [5.74, 6) is -0.920. The Balaban J connectivity index is 2.50. The molecule has 1 aromatic carbocycles. The number of nitriles is 2. The SMILES string of the molecule is N#CC(C#N)=Cc1cn(CCC(=O)O)nc1-c1cccc(Br)c1. The Bertz CT molecular complexity index is 840. The van der Waals surface area contributed by atoms with Gasteiger partial charge in [-0.2, -0.15) is 15.6 Å². The van der Waals surface area contributed by atoms with Crippen molar-refractivity contribution in [3.05, 3.63) is 46.1 Å². The predicted octanol–water partition coefficient (Wildman–Crippen LogP) is 3.22. The van der Waals surface area contributed by atoms with Crippen LogP contribution in [-0.2, 0) is 11.3 Å². The standard InChI is InChI=1S/C16H11BrN4O2/c17-14-3-1-2-12(7-14)16-13(6-11(8-18)9-19)10-21(20-16)5-4-15(22)23/h1-3,6-7,10H,4-5H2,(H,22,23). The first-order valence-corrected chi connectivity index (χ1v) is 7.40. The maximum atomic E-state index is 10.7. The molecule has 0 spiro atoms. The Labute approximate surface area is 141 Å². The molecule has 6 nitrogen and oxygen atoms in total. The van der Waals surface area contributed by atoms with Gasteiger partial charge in [0.25, 0.3) is 0 Å². The van der Waals surface area contributed by atoms with E-state index in [0.29, 0.717) is 11.3 Å². The van der Waals surface area contributed by atoms with E-state index in [9.17, 15) is 4.79 Å². The first-order chi connectivity index (χ1) is 11.0. The van der Waals surface area contributed by atoms with E-state index >= 15 is 0 Å². The summed E-state index contributed by atoms with van der Waals surface area (Å²) in [6.07, 6.45) is 3.01.